The zero-order valence-electron chi connectivity index (χ0n) is 15.3. The van der Waals surface area contributed by atoms with Gasteiger partial charge in [0.1, 0.15) is 0 Å². The molecule has 1 N–H and O–H groups in total. The fourth-order valence-electron chi connectivity index (χ4n) is 2.50. The number of amides is 1. The van der Waals surface area contributed by atoms with Gasteiger partial charge in [0.2, 0.25) is 6.79 Å². The highest BCUT2D eigenvalue weighted by molar-refractivity contribution is 5.92. The van der Waals surface area contributed by atoms with Gasteiger partial charge in [-0.1, -0.05) is 6.07 Å². The summed E-state index contributed by atoms with van der Waals surface area (Å²) >= 11 is 0. The lowest BCUT2D eigenvalue weighted by molar-refractivity contribution is -0.124. The van der Waals surface area contributed by atoms with E-state index in [0.717, 1.165) is 11.6 Å². The molecular weight excluding hydrogens is 392 g/mol. The van der Waals surface area contributed by atoms with Crippen molar-refractivity contribution in [2.24, 2.45) is 0 Å². The number of carbonyl (C=O) groups is 2. The molecule has 0 aromatic heterocycles. The number of rotatable bonds is 8. The van der Waals surface area contributed by atoms with E-state index in [-0.39, 0.29) is 30.4 Å². The molecule has 1 heterocycles. The Balaban J connectivity index is 1.50. The number of fused-ring (bicyclic) bond motifs is 1. The minimum atomic E-state index is -3.03. The molecule has 8 nitrogen and oxygen atoms in total. The fraction of sp³-hybridized carbons (Fsp3) is 0.263. The molecule has 154 valence electrons. The molecule has 0 aliphatic carbocycles. The first kappa shape index (κ1) is 20.2. The Morgan fingerprint density at radius 3 is 2.66 bits per heavy atom. The third-order valence-corrected chi connectivity index (χ3v) is 3.88. The Kier molecular flexibility index (Phi) is 6.32. The van der Waals surface area contributed by atoms with E-state index >= 15 is 0 Å². The maximum atomic E-state index is 12.3. The van der Waals surface area contributed by atoms with Gasteiger partial charge in [-0.05, 0) is 35.9 Å². The van der Waals surface area contributed by atoms with Gasteiger partial charge < -0.3 is 29.0 Å². The van der Waals surface area contributed by atoms with Crippen molar-refractivity contribution in [1.82, 2.24) is 5.32 Å². The predicted octanol–water partition coefficient (Wildman–Crippen LogP) is 2.50. The molecule has 0 saturated carbocycles. The van der Waals surface area contributed by atoms with Crippen LogP contribution >= 0.6 is 0 Å². The first-order chi connectivity index (χ1) is 14.0. The van der Waals surface area contributed by atoms with E-state index in [9.17, 15) is 18.4 Å². The minimum absolute atomic E-state index is 0.0204. The number of alkyl halides is 2. The van der Waals surface area contributed by atoms with Gasteiger partial charge in [0, 0.05) is 6.54 Å². The van der Waals surface area contributed by atoms with Crippen molar-refractivity contribution in [2.45, 2.75) is 13.2 Å². The molecule has 0 atom stereocenters. The third-order valence-electron chi connectivity index (χ3n) is 3.88. The number of nitrogens with one attached hydrogen (secondary N) is 1. The number of carbonyl (C=O) groups excluding carboxylic acids is 2. The number of halogens is 2. The zero-order valence-corrected chi connectivity index (χ0v) is 15.3. The Labute approximate surface area is 164 Å². The number of esters is 1. The summed E-state index contributed by atoms with van der Waals surface area (Å²) in [6, 6.07) is 8.82. The summed E-state index contributed by atoms with van der Waals surface area (Å²) in [6.07, 6.45) is 0. The molecule has 1 amide bonds. The van der Waals surface area contributed by atoms with Crippen molar-refractivity contribution in [1.29, 1.82) is 0 Å². The lowest BCUT2D eigenvalue weighted by Crippen LogP contribution is -2.28. The molecule has 1 aliphatic rings. The quantitative estimate of drug-likeness (QED) is 0.670. The zero-order chi connectivity index (χ0) is 20.8. The number of hydrogen-bond donors (Lipinski definition) is 1. The van der Waals surface area contributed by atoms with Gasteiger partial charge >= 0.3 is 12.6 Å². The Hall–Kier alpha value is -3.56. The lowest BCUT2D eigenvalue weighted by Gasteiger charge is -2.11. The summed E-state index contributed by atoms with van der Waals surface area (Å²) in [7, 11) is 1.24. The maximum absolute atomic E-state index is 12.3. The Morgan fingerprint density at radius 2 is 1.90 bits per heavy atom. The average Bonchev–Trinajstić information content (AvgIpc) is 3.18. The van der Waals surface area contributed by atoms with Crippen LogP contribution in [0.4, 0.5) is 8.78 Å². The van der Waals surface area contributed by atoms with Gasteiger partial charge in [0.05, 0.1) is 12.7 Å². The smallest absolute Gasteiger partial charge is 0.387 e. The molecule has 2 aromatic rings. The van der Waals surface area contributed by atoms with Crippen LogP contribution in [0.2, 0.25) is 0 Å². The van der Waals surface area contributed by atoms with Crippen LogP contribution in [0.3, 0.4) is 0 Å². The van der Waals surface area contributed by atoms with Crippen LogP contribution in [0.5, 0.6) is 23.0 Å². The lowest BCUT2D eigenvalue weighted by atomic mass is 10.2. The van der Waals surface area contributed by atoms with E-state index in [0.29, 0.717) is 11.5 Å². The molecular formula is C19H17F2NO7. The van der Waals surface area contributed by atoms with E-state index < -0.39 is 25.1 Å². The van der Waals surface area contributed by atoms with Crippen LogP contribution in [0, 0.1) is 0 Å². The average molecular weight is 409 g/mol. The molecule has 2 aromatic carbocycles. The maximum Gasteiger partial charge on any atom is 0.387 e. The fourth-order valence-corrected chi connectivity index (χ4v) is 2.50. The summed E-state index contributed by atoms with van der Waals surface area (Å²) in [4.78, 5) is 24.0. The van der Waals surface area contributed by atoms with Crippen molar-refractivity contribution in [3.05, 3.63) is 47.5 Å². The second-order valence-corrected chi connectivity index (χ2v) is 5.78. The van der Waals surface area contributed by atoms with Crippen molar-refractivity contribution in [2.75, 3.05) is 20.5 Å². The van der Waals surface area contributed by atoms with Crippen LogP contribution < -0.4 is 24.3 Å². The summed E-state index contributed by atoms with van der Waals surface area (Å²) < 4.78 is 49.3. The van der Waals surface area contributed by atoms with E-state index in [1.165, 1.54) is 19.2 Å². The first-order valence-corrected chi connectivity index (χ1v) is 8.41. The van der Waals surface area contributed by atoms with Crippen LogP contribution in [0.15, 0.2) is 36.4 Å². The van der Waals surface area contributed by atoms with E-state index in [1.807, 2.05) is 0 Å². The Bertz CT molecular complexity index is 904. The molecule has 0 radical (unpaired) electrons. The highest BCUT2D eigenvalue weighted by Gasteiger charge is 2.17. The molecule has 0 bridgehead atoms. The second-order valence-electron chi connectivity index (χ2n) is 5.78. The van der Waals surface area contributed by atoms with Crippen LogP contribution in [-0.4, -0.2) is 39.0 Å². The number of methoxy groups -OCH3 is 1. The number of benzene rings is 2. The largest absolute Gasteiger partial charge is 0.493 e. The Morgan fingerprint density at radius 1 is 1.10 bits per heavy atom. The van der Waals surface area contributed by atoms with Crippen LogP contribution in [0.25, 0.3) is 0 Å². The van der Waals surface area contributed by atoms with Gasteiger partial charge in [0.15, 0.2) is 29.6 Å². The molecule has 0 spiro atoms. The van der Waals surface area contributed by atoms with E-state index in [2.05, 4.69) is 10.1 Å². The number of ether oxygens (including phenoxy) is 5. The normalized spacial score (nSPS) is 11.9. The van der Waals surface area contributed by atoms with Crippen LogP contribution in [0.1, 0.15) is 15.9 Å². The third kappa shape index (κ3) is 5.24. The number of hydrogen-bond acceptors (Lipinski definition) is 7. The highest BCUT2D eigenvalue weighted by Crippen LogP contribution is 2.32. The monoisotopic (exact) mass is 409 g/mol. The van der Waals surface area contributed by atoms with Crippen molar-refractivity contribution >= 4 is 11.9 Å². The molecule has 0 unspecified atom stereocenters. The van der Waals surface area contributed by atoms with Crippen LogP contribution in [-0.2, 0) is 16.1 Å². The van der Waals surface area contributed by atoms with Gasteiger partial charge in [-0.15, -0.1) is 0 Å². The standard InChI is InChI=1S/C19H17F2NO7/c1-25-15-7-12(3-5-14(15)29-19(20)21)18(24)26-9-17(23)22-8-11-2-4-13-16(6-11)28-10-27-13/h2-7,19H,8-10H2,1H3,(H,22,23). The van der Waals surface area contributed by atoms with Crippen molar-refractivity contribution in [3.63, 3.8) is 0 Å². The van der Waals surface area contributed by atoms with E-state index in [1.54, 1.807) is 18.2 Å². The molecule has 29 heavy (non-hydrogen) atoms. The van der Waals surface area contributed by atoms with Gasteiger partial charge in [-0.2, -0.15) is 8.78 Å². The predicted molar refractivity (Wildman–Crippen MR) is 94.3 cm³/mol. The van der Waals surface area contributed by atoms with E-state index in [4.69, 9.17) is 18.9 Å². The minimum Gasteiger partial charge on any atom is -0.493 e. The molecule has 10 heteroatoms. The molecule has 0 fully saturated rings. The van der Waals surface area contributed by atoms with Crippen molar-refractivity contribution < 1.29 is 42.1 Å². The topological polar surface area (TPSA) is 92.3 Å². The second kappa shape index (κ2) is 9.09. The van der Waals surface area contributed by atoms with Gasteiger partial charge in [-0.3, -0.25) is 4.79 Å². The van der Waals surface area contributed by atoms with Gasteiger partial charge in [0.25, 0.3) is 5.91 Å². The highest BCUT2D eigenvalue weighted by atomic mass is 19.3. The molecule has 3 rings (SSSR count). The first-order valence-electron chi connectivity index (χ1n) is 8.41. The molecule has 1 aliphatic heterocycles. The summed E-state index contributed by atoms with van der Waals surface area (Å²) in [5, 5.41) is 2.61. The summed E-state index contributed by atoms with van der Waals surface area (Å²) in [5.74, 6) is -0.385. The molecule has 0 saturated heterocycles. The SMILES string of the molecule is COc1cc(C(=O)OCC(=O)NCc2ccc3c(c2)OCO3)ccc1OC(F)F. The summed E-state index contributed by atoms with van der Waals surface area (Å²) in [5.41, 5.74) is 0.806. The van der Waals surface area contributed by atoms with Crippen molar-refractivity contribution in [3.8, 4) is 23.0 Å². The summed E-state index contributed by atoms with van der Waals surface area (Å²) in [6.45, 7) is -3.18. The van der Waals surface area contributed by atoms with Gasteiger partial charge in [-0.25, -0.2) is 4.79 Å².